The Hall–Kier alpha value is -3.25. The van der Waals surface area contributed by atoms with Gasteiger partial charge in [-0.15, -0.1) is 0 Å². The van der Waals surface area contributed by atoms with Crippen LogP contribution in [0.25, 0.3) is 0 Å². The first kappa shape index (κ1) is 30.3. The number of rotatable bonds is 13. The predicted molar refractivity (Wildman–Crippen MR) is 150 cm³/mol. The topological polar surface area (TPSA) is 110 Å². The lowest BCUT2D eigenvalue weighted by molar-refractivity contribution is 0.101. The standard InChI is InChI=1S/C28H34N2O7S2/c1-6-29(7-2)38(32,33)27-14-10-23(11-15-27)36-25-18-22(21(5)31)19-26(20-25)37-24-12-16-28(17-13-24)39(34,35)30(8-3)9-4/h10-20H,6-9H2,1-5H3. The van der Waals surface area contributed by atoms with E-state index in [0.29, 0.717) is 54.7 Å². The Kier molecular flexibility index (Phi) is 9.89. The highest BCUT2D eigenvalue weighted by atomic mass is 32.2. The number of benzene rings is 3. The molecular formula is C28H34N2O7S2. The molecule has 0 radical (unpaired) electrons. The maximum atomic E-state index is 12.7. The molecule has 0 spiro atoms. The first-order valence-corrected chi connectivity index (χ1v) is 15.6. The normalized spacial score (nSPS) is 12.1. The molecule has 3 aromatic carbocycles. The summed E-state index contributed by atoms with van der Waals surface area (Å²) in [4.78, 5) is 12.5. The molecule has 3 aromatic rings. The number of nitrogens with zero attached hydrogens (tertiary/aromatic N) is 2. The van der Waals surface area contributed by atoms with Gasteiger partial charge >= 0.3 is 0 Å². The number of Topliss-reactive ketones (excluding diaryl/α,β-unsaturated/α-hetero) is 1. The van der Waals surface area contributed by atoms with E-state index in [4.69, 9.17) is 9.47 Å². The molecule has 0 aliphatic carbocycles. The number of carbonyl (C=O) groups excluding carboxylic acids is 1. The second kappa shape index (κ2) is 12.7. The highest BCUT2D eigenvalue weighted by Gasteiger charge is 2.22. The SMILES string of the molecule is CCN(CC)S(=O)(=O)c1ccc(Oc2cc(Oc3ccc(S(=O)(=O)N(CC)CC)cc3)cc(C(C)=O)c2)cc1. The quantitative estimate of drug-likeness (QED) is 0.247. The number of sulfonamides is 2. The van der Waals surface area contributed by atoms with Crippen molar-refractivity contribution in [3.63, 3.8) is 0 Å². The van der Waals surface area contributed by atoms with E-state index in [1.807, 2.05) is 0 Å². The summed E-state index contributed by atoms with van der Waals surface area (Å²) in [6, 6.07) is 16.8. The molecule has 0 saturated carbocycles. The lowest BCUT2D eigenvalue weighted by atomic mass is 10.1. The molecule has 0 aliphatic heterocycles. The molecule has 39 heavy (non-hydrogen) atoms. The van der Waals surface area contributed by atoms with Crippen LogP contribution in [0.3, 0.4) is 0 Å². The number of ketones is 1. The molecular weight excluding hydrogens is 540 g/mol. The van der Waals surface area contributed by atoms with Crippen LogP contribution >= 0.6 is 0 Å². The van der Waals surface area contributed by atoms with Gasteiger partial charge in [0.2, 0.25) is 20.0 Å². The van der Waals surface area contributed by atoms with Crippen molar-refractivity contribution < 1.29 is 31.1 Å². The van der Waals surface area contributed by atoms with Crippen molar-refractivity contribution in [3.8, 4) is 23.0 Å². The predicted octanol–water partition coefficient (Wildman–Crippen LogP) is 5.53. The smallest absolute Gasteiger partial charge is 0.243 e. The minimum absolute atomic E-state index is 0.159. The van der Waals surface area contributed by atoms with Crippen LogP contribution < -0.4 is 9.47 Å². The molecule has 0 unspecified atom stereocenters. The van der Waals surface area contributed by atoms with Crippen LogP contribution in [0.4, 0.5) is 0 Å². The average Bonchev–Trinajstić information content (AvgIpc) is 2.90. The summed E-state index contributed by atoms with van der Waals surface area (Å²) < 4.78 is 65.5. The number of carbonyl (C=O) groups is 1. The van der Waals surface area contributed by atoms with Gasteiger partial charge in [0, 0.05) is 37.8 Å². The van der Waals surface area contributed by atoms with E-state index < -0.39 is 20.0 Å². The largest absolute Gasteiger partial charge is 0.457 e. The van der Waals surface area contributed by atoms with E-state index in [1.165, 1.54) is 39.8 Å². The van der Waals surface area contributed by atoms with E-state index in [1.54, 1.807) is 70.2 Å². The molecule has 210 valence electrons. The Morgan fingerprint density at radius 3 is 1.21 bits per heavy atom. The number of ether oxygens (including phenoxy) is 2. The monoisotopic (exact) mass is 574 g/mol. The summed E-state index contributed by atoms with van der Waals surface area (Å²) >= 11 is 0. The molecule has 0 amide bonds. The molecule has 0 N–H and O–H groups in total. The van der Waals surface area contributed by atoms with Crippen LogP contribution in [0, 0.1) is 0 Å². The van der Waals surface area contributed by atoms with Crippen LogP contribution in [0.5, 0.6) is 23.0 Å². The first-order chi connectivity index (χ1) is 18.5. The summed E-state index contributed by atoms with van der Waals surface area (Å²) in [6.45, 7) is 10.0. The fourth-order valence-corrected chi connectivity index (χ4v) is 6.87. The maximum absolute atomic E-state index is 12.7. The van der Waals surface area contributed by atoms with Gasteiger partial charge in [0.05, 0.1) is 9.79 Å². The van der Waals surface area contributed by atoms with Gasteiger partial charge in [-0.3, -0.25) is 4.79 Å². The molecule has 0 saturated heterocycles. The first-order valence-electron chi connectivity index (χ1n) is 12.7. The summed E-state index contributed by atoms with van der Waals surface area (Å²) in [5.41, 5.74) is 0.351. The molecule has 0 aliphatic rings. The van der Waals surface area contributed by atoms with Gasteiger partial charge in [-0.2, -0.15) is 8.61 Å². The van der Waals surface area contributed by atoms with E-state index in [2.05, 4.69) is 0 Å². The van der Waals surface area contributed by atoms with Crippen molar-refractivity contribution in [1.82, 2.24) is 8.61 Å². The summed E-state index contributed by atoms with van der Waals surface area (Å²) in [6.07, 6.45) is 0. The van der Waals surface area contributed by atoms with Crippen LogP contribution in [-0.4, -0.2) is 57.4 Å². The Morgan fingerprint density at radius 2 is 0.923 bits per heavy atom. The van der Waals surface area contributed by atoms with Gasteiger partial charge in [0.25, 0.3) is 0 Å². The zero-order valence-electron chi connectivity index (χ0n) is 22.7. The molecule has 11 heteroatoms. The molecule has 0 heterocycles. The van der Waals surface area contributed by atoms with Crippen molar-refractivity contribution in [2.24, 2.45) is 0 Å². The van der Waals surface area contributed by atoms with E-state index >= 15 is 0 Å². The van der Waals surface area contributed by atoms with Crippen molar-refractivity contribution in [2.75, 3.05) is 26.2 Å². The fraction of sp³-hybridized carbons (Fsp3) is 0.321. The highest BCUT2D eigenvalue weighted by molar-refractivity contribution is 7.89. The second-order valence-electron chi connectivity index (χ2n) is 8.57. The van der Waals surface area contributed by atoms with Gasteiger partial charge in [-0.1, -0.05) is 27.7 Å². The molecule has 9 nitrogen and oxygen atoms in total. The van der Waals surface area contributed by atoms with E-state index in [9.17, 15) is 21.6 Å². The number of hydrogen-bond acceptors (Lipinski definition) is 7. The molecule has 3 rings (SSSR count). The lowest BCUT2D eigenvalue weighted by Crippen LogP contribution is -2.30. The zero-order valence-corrected chi connectivity index (χ0v) is 24.4. The molecule has 0 fully saturated rings. The van der Waals surface area contributed by atoms with Crippen LogP contribution in [0.2, 0.25) is 0 Å². The van der Waals surface area contributed by atoms with E-state index in [0.717, 1.165) is 0 Å². The Bertz CT molecular complexity index is 1390. The zero-order chi connectivity index (χ0) is 28.8. The Balaban J connectivity index is 1.84. The van der Waals surface area contributed by atoms with Crippen molar-refractivity contribution in [2.45, 2.75) is 44.4 Å². The third-order valence-corrected chi connectivity index (χ3v) is 10.2. The van der Waals surface area contributed by atoms with Gasteiger partial charge in [-0.05, 0) is 67.6 Å². The summed E-state index contributed by atoms with van der Waals surface area (Å²) in [5, 5.41) is 0. The average molecular weight is 575 g/mol. The van der Waals surface area contributed by atoms with Crippen molar-refractivity contribution in [3.05, 3.63) is 72.3 Å². The minimum atomic E-state index is -3.60. The van der Waals surface area contributed by atoms with Crippen molar-refractivity contribution >= 4 is 25.8 Å². The van der Waals surface area contributed by atoms with Crippen LogP contribution in [0.1, 0.15) is 45.0 Å². The van der Waals surface area contributed by atoms with Gasteiger partial charge < -0.3 is 9.47 Å². The van der Waals surface area contributed by atoms with Crippen LogP contribution in [0.15, 0.2) is 76.5 Å². The number of hydrogen-bond donors (Lipinski definition) is 0. The van der Waals surface area contributed by atoms with Crippen LogP contribution in [-0.2, 0) is 20.0 Å². The molecule has 0 aromatic heterocycles. The Labute approximate surface area is 231 Å². The highest BCUT2D eigenvalue weighted by Crippen LogP contribution is 2.32. The summed E-state index contributed by atoms with van der Waals surface area (Å²) in [5.74, 6) is 1.19. The van der Waals surface area contributed by atoms with Gasteiger partial charge in [0.15, 0.2) is 5.78 Å². The second-order valence-corrected chi connectivity index (χ2v) is 12.5. The fourth-order valence-electron chi connectivity index (χ4n) is 3.95. The lowest BCUT2D eigenvalue weighted by Gasteiger charge is -2.18. The van der Waals surface area contributed by atoms with E-state index in [-0.39, 0.29) is 15.6 Å². The Morgan fingerprint density at radius 1 is 0.590 bits per heavy atom. The molecule has 0 atom stereocenters. The van der Waals surface area contributed by atoms with Crippen molar-refractivity contribution in [1.29, 1.82) is 0 Å². The third-order valence-electron chi connectivity index (χ3n) is 6.09. The van der Waals surface area contributed by atoms with Gasteiger partial charge in [-0.25, -0.2) is 16.8 Å². The third kappa shape index (κ3) is 7.04. The summed E-state index contributed by atoms with van der Waals surface area (Å²) in [7, 11) is -7.20. The maximum Gasteiger partial charge on any atom is 0.243 e. The van der Waals surface area contributed by atoms with Gasteiger partial charge in [0.1, 0.15) is 23.0 Å². The molecule has 0 bridgehead atoms. The minimum Gasteiger partial charge on any atom is -0.457 e.